The molecule has 1 heterocycles. The Morgan fingerprint density at radius 2 is 2.32 bits per heavy atom. The molecule has 106 valence electrons. The van der Waals surface area contributed by atoms with Crippen LogP contribution in [0.2, 0.25) is 0 Å². The summed E-state index contributed by atoms with van der Waals surface area (Å²) in [6, 6.07) is 0. The van der Waals surface area contributed by atoms with Crippen LogP contribution < -0.4 is 5.32 Å². The molecule has 0 aromatic carbocycles. The second-order valence-electron chi connectivity index (χ2n) is 4.11. The number of carboxylic acid groups (broad SMARTS) is 1. The van der Waals surface area contributed by atoms with Gasteiger partial charge >= 0.3 is 5.97 Å². The van der Waals surface area contributed by atoms with Crippen LogP contribution in [0.4, 0.5) is 5.13 Å². The van der Waals surface area contributed by atoms with Gasteiger partial charge in [-0.15, -0.1) is 11.3 Å². The molecule has 0 aliphatic heterocycles. The standard InChI is InChI=1S/C11H17N3O4S/c1-8(15)6-14(4-2-10(17)18)7-9(16)13-11-12-3-5-19-11/h3,5,8,15H,2,4,6-7H2,1H3,(H,17,18)(H,12,13,16). The van der Waals surface area contributed by atoms with Crippen LogP contribution in [0.1, 0.15) is 13.3 Å². The molecule has 0 saturated heterocycles. The Morgan fingerprint density at radius 3 is 2.84 bits per heavy atom. The van der Waals surface area contributed by atoms with E-state index in [1.807, 2.05) is 0 Å². The molecule has 0 radical (unpaired) electrons. The van der Waals surface area contributed by atoms with Gasteiger partial charge in [0.2, 0.25) is 5.91 Å². The number of carboxylic acids is 1. The molecule has 8 heteroatoms. The van der Waals surface area contributed by atoms with Gasteiger partial charge in [-0.05, 0) is 6.92 Å². The molecule has 3 N–H and O–H groups in total. The lowest BCUT2D eigenvalue weighted by molar-refractivity contribution is -0.137. The van der Waals surface area contributed by atoms with Gasteiger partial charge in [0.25, 0.3) is 0 Å². The molecule has 0 aliphatic rings. The minimum absolute atomic E-state index is 0.0256. The molecule has 1 aromatic heterocycles. The predicted molar refractivity (Wildman–Crippen MR) is 71.1 cm³/mol. The number of hydrogen-bond donors (Lipinski definition) is 3. The van der Waals surface area contributed by atoms with E-state index in [1.165, 1.54) is 11.3 Å². The van der Waals surface area contributed by atoms with Crippen LogP contribution in [0.5, 0.6) is 0 Å². The van der Waals surface area contributed by atoms with Crippen LogP contribution in [-0.2, 0) is 9.59 Å². The van der Waals surface area contributed by atoms with Crippen molar-refractivity contribution in [2.24, 2.45) is 0 Å². The molecule has 19 heavy (non-hydrogen) atoms. The van der Waals surface area contributed by atoms with Crippen LogP contribution in [0.15, 0.2) is 11.6 Å². The molecular weight excluding hydrogens is 270 g/mol. The van der Waals surface area contributed by atoms with Crippen molar-refractivity contribution < 1.29 is 19.8 Å². The normalized spacial score (nSPS) is 12.4. The average molecular weight is 287 g/mol. The Bertz CT molecular complexity index is 408. The second kappa shape index (κ2) is 7.82. The minimum Gasteiger partial charge on any atom is -0.481 e. The molecule has 7 nitrogen and oxygen atoms in total. The number of thiazole rings is 1. The number of aliphatic hydroxyl groups is 1. The van der Waals surface area contributed by atoms with Crippen molar-refractivity contribution in [1.82, 2.24) is 9.88 Å². The highest BCUT2D eigenvalue weighted by Gasteiger charge is 2.14. The number of nitrogens with zero attached hydrogens (tertiary/aromatic N) is 2. The van der Waals surface area contributed by atoms with E-state index in [9.17, 15) is 14.7 Å². The first-order valence-electron chi connectivity index (χ1n) is 5.79. The van der Waals surface area contributed by atoms with Gasteiger partial charge in [-0.2, -0.15) is 0 Å². The first kappa shape index (κ1) is 15.5. The molecule has 0 spiro atoms. The highest BCUT2D eigenvalue weighted by molar-refractivity contribution is 7.13. The lowest BCUT2D eigenvalue weighted by atomic mass is 10.3. The van der Waals surface area contributed by atoms with Gasteiger partial charge in [-0.1, -0.05) is 0 Å². The Kier molecular flexibility index (Phi) is 6.40. The number of aliphatic hydroxyl groups excluding tert-OH is 1. The van der Waals surface area contributed by atoms with Gasteiger partial charge in [0.15, 0.2) is 5.13 Å². The van der Waals surface area contributed by atoms with Crippen LogP contribution in [-0.4, -0.2) is 57.7 Å². The molecule has 0 aliphatic carbocycles. The van der Waals surface area contributed by atoms with E-state index in [4.69, 9.17) is 5.11 Å². The summed E-state index contributed by atoms with van der Waals surface area (Å²) in [5, 5.41) is 22.8. The lowest BCUT2D eigenvalue weighted by Gasteiger charge is -2.22. The number of rotatable bonds is 8. The Morgan fingerprint density at radius 1 is 1.58 bits per heavy atom. The maximum absolute atomic E-state index is 11.7. The number of aromatic nitrogens is 1. The number of aliphatic carboxylic acids is 1. The first-order valence-corrected chi connectivity index (χ1v) is 6.67. The third-order valence-electron chi connectivity index (χ3n) is 2.21. The Balaban J connectivity index is 2.45. The van der Waals surface area contributed by atoms with Gasteiger partial charge in [-0.25, -0.2) is 4.98 Å². The van der Waals surface area contributed by atoms with Crippen LogP contribution in [0.25, 0.3) is 0 Å². The number of amides is 1. The first-order chi connectivity index (χ1) is 8.97. The third kappa shape index (κ3) is 6.85. The monoisotopic (exact) mass is 287 g/mol. The number of anilines is 1. The van der Waals surface area contributed by atoms with Crippen molar-refractivity contribution in [2.75, 3.05) is 25.0 Å². The van der Waals surface area contributed by atoms with Crippen molar-refractivity contribution in [3.63, 3.8) is 0 Å². The highest BCUT2D eigenvalue weighted by Crippen LogP contribution is 2.10. The van der Waals surface area contributed by atoms with Crippen molar-refractivity contribution in [1.29, 1.82) is 0 Å². The zero-order valence-electron chi connectivity index (χ0n) is 10.6. The number of carbonyl (C=O) groups is 2. The molecular formula is C11H17N3O4S. The quantitative estimate of drug-likeness (QED) is 0.633. The summed E-state index contributed by atoms with van der Waals surface area (Å²) in [5.41, 5.74) is 0. The summed E-state index contributed by atoms with van der Waals surface area (Å²) >= 11 is 1.31. The van der Waals surface area contributed by atoms with E-state index in [2.05, 4.69) is 10.3 Å². The minimum atomic E-state index is -0.934. The zero-order chi connectivity index (χ0) is 14.3. The fourth-order valence-corrected chi connectivity index (χ4v) is 2.05. The summed E-state index contributed by atoms with van der Waals surface area (Å²) in [7, 11) is 0. The molecule has 1 atom stereocenters. The molecule has 1 unspecified atom stereocenters. The van der Waals surface area contributed by atoms with E-state index in [-0.39, 0.29) is 32.0 Å². The van der Waals surface area contributed by atoms with Crippen LogP contribution in [0.3, 0.4) is 0 Å². The predicted octanol–water partition coefficient (Wildman–Crippen LogP) is 0.239. The van der Waals surface area contributed by atoms with Gasteiger partial charge in [-0.3, -0.25) is 14.5 Å². The van der Waals surface area contributed by atoms with Gasteiger partial charge in [0.05, 0.1) is 19.1 Å². The summed E-state index contributed by atoms with van der Waals surface area (Å²) < 4.78 is 0. The average Bonchev–Trinajstić information content (AvgIpc) is 2.77. The van der Waals surface area contributed by atoms with Crippen LogP contribution in [0, 0.1) is 0 Å². The van der Waals surface area contributed by atoms with Crippen LogP contribution >= 0.6 is 11.3 Å². The molecule has 1 amide bonds. The zero-order valence-corrected chi connectivity index (χ0v) is 11.4. The molecule has 1 aromatic rings. The summed E-state index contributed by atoms with van der Waals surface area (Å²) in [6.45, 7) is 2.08. The van der Waals surface area contributed by atoms with E-state index in [0.717, 1.165) is 0 Å². The summed E-state index contributed by atoms with van der Waals surface area (Å²) in [5.74, 6) is -1.21. The number of carbonyl (C=O) groups excluding carboxylic acids is 1. The van der Waals surface area contributed by atoms with Gasteiger partial charge in [0.1, 0.15) is 0 Å². The highest BCUT2D eigenvalue weighted by atomic mass is 32.1. The lowest BCUT2D eigenvalue weighted by Crippen LogP contribution is -2.38. The molecule has 1 rings (SSSR count). The molecule has 0 saturated carbocycles. The number of hydrogen-bond acceptors (Lipinski definition) is 6. The van der Waals surface area contributed by atoms with Crippen molar-refractivity contribution in [3.8, 4) is 0 Å². The maximum atomic E-state index is 11.7. The van der Waals surface area contributed by atoms with Gasteiger partial charge in [0, 0.05) is 24.7 Å². The van der Waals surface area contributed by atoms with Crippen molar-refractivity contribution in [2.45, 2.75) is 19.4 Å². The SMILES string of the molecule is CC(O)CN(CCC(=O)O)CC(=O)Nc1nccs1. The van der Waals surface area contributed by atoms with E-state index >= 15 is 0 Å². The second-order valence-corrected chi connectivity index (χ2v) is 5.01. The summed E-state index contributed by atoms with van der Waals surface area (Å²) in [6.07, 6.45) is 0.886. The molecule has 0 fully saturated rings. The third-order valence-corrected chi connectivity index (χ3v) is 2.90. The fourth-order valence-electron chi connectivity index (χ4n) is 1.51. The summed E-state index contributed by atoms with van der Waals surface area (Å²) in [4.78, 5) is 27.8. The smallest absolute Gasteiger partial charge is 0.304 e. The largest absolute Gasteiger partial charge is 0.481 e. The fraction of sp³-hybridized carbons (Fsp3) is 0.545. The van der Waals surface area contributed by atoms with E-state index in [1.54, 1.807) is 23.4 Å². The maximum Gasteiger partial charge on any atom is 0.304 e. The topological polar surface area (TPSA) is 103 Å². The van der Waals surface area contributed by atoms with Gasteiger partial charge < -0.3 is 15.5 Å². The Labute approximate surface area is 114 Å². The number of nitrogens with one attached hydrogen (secondary N) is 1. The molecule has 0 bridgehead atoms. The Hall–Kier alpha value is -1.51. The van der Waals surface area contributed by atoms with Crippen molar-refractivity contribution >= 4 is 28.3 Å². The van der Waals surface area contributed by atoms with Crippen molar-refractivity contribution in [3.05, 3.63) is 11.6 Å². The van der Waals surface area contributed by atoms with E-state index < -0.39 is 12.1 Å². The van der Waals surface area contributed by atoms with E-state index in [0.29, 0.717) is 5.13 Å².